The Hall–Kier alpha value is -1.39. The number of carbonyl (C=O) groups excluding carboxylic acids is 1. The van der Waals surface area contributed by atoms with Crippen molar-refractivity contribution in [1.82, 2.24) is 14.0 Å². The lowest BCUT2D eigenvalue weighted by Crippen LogP contribution is -2.30. The van der Waals surface area contributed by atoms with Crippen LogP contribution in [0.4, 0.5) is 10.8 Å². The molecule has 1 aromatic rings. The molecule has 1 aromatic heterocycles. The van der Waals surface area contributed by atoms with Gasteiger partial charge < -0.3 is 16.4 Å². The molecule has 0 spiro atoms. The van der Waals surface area contributed by atoms with Gasteiger partial charge in [-0.2, -0.15) is 4.37 Å². The minimum Gasteiger partial charge on any atom is -0.382 e. The average Bonchev–Trinajstić information content (AvgIpc) is 3.18. The summed E-state index contributed by atoms with van der Waals surface area (Å²) in [4.78, 5) is 11.5. The van der Waals surface area contributed by atoms with Gasteiger partial charge in [0.15, 0.2) is 10.7 Å². The monoisotopic (exact) mass is 333 g/mol. The zero-order valence-electron chi connectivity index (χ0n) is 11.9. The number of nitrogen functional groups attached to an aromatic ring is 1. The number of amides is 1. The minimum absolute atomic E-state index is 0.00832. The van der Waals surface area contributed by atoms with Crippen LogP contribution in [-0.2, 0) is 14.8 Å². The number of nitrogens with zero attached hydrogens (tertiary/aromatic N) is 2. The first-order chi connectivity index (χ1) is 9.84. The maximum Gasteiger partial charge on any atom is 0.249 e. The molecule has 1 saturated carbocycles. The van der Waals surface area contributed by atoms with Gasteiger partial charge in [0.25, 0.3) is 0 Å². The lowest BCUT2D eigenvalue weighted by atomic mass is 10.4. The second-order valence-corrected chi connectivity index (χ2v) is 7.87. The number of anilines is 2. The molecule has 0 bridgehead atoms. The van der Waals surface area contributed by atoms with Crippen LogP contribution >= 0.6 is 11.5 Å². The van der Waals surface area contributed by atoms with Crippen LogP contribution in [0, 0.1) is 5.92 Å². The van der Waals surface area contributed by atoms with Gasteiger partial charge in [-0.05, 0) is 24.4 Å². The van der Waals surface area contributed by atoms with Crippen molar-refractivity contribution in [2.24, 2.45) is 5.92 Å². The Balaban J connectivity index is 1.96. The molecule has 8 nitrogen and oxygen atoms in total. The van der Waals surface area contributed by atoms with Gasteiger partial charge in [0.2, 0.25) is 15.9 Å². The minimum atomic E-state index is -3.65. The van der Waals surface area contributed by atoms with Crippen molar-refractivity contribution in [1.29, 1.82) is 0 Å². The normalized spacial score (nSPS) is 15.2. The molecule has 10 heteroatoms. The summed E-state index contributed by atoms with van der Waals surface area (Å²) in [7, 11) is -0.772. The number of nitrogens with two attached hydrogens (primary N) is 1. The number of nitrogens with one attached hydrogen (secondary N) is 2. The fourth-order valence-corrected chi connectivity index (χ4v) is 3.79. The molecule has 1 aliphatic rings. The summed E-state index contributed by atoms with van der Waals surface area (Å²) in [5.74, 6) is 0.202. The maximum atomic E-state index is 12.2. The first kappa shape index (κ1) is 16.0. The van der Waals surface area contributed by atoms with Crippen molar-refractivity contribution < 1.29 is 13.2 Å². The van der Waals surface area contributed by atoms with E-state index >= 15 is 0 Å². The van der Waals surface area contributed by atoms with Crippen LogP contribution in [0.3, 0.4) is 0 Å². The van der Waals surface area contributed by atoms with Gasteiger partial charge in [0, 0.05) is 33.1 Å². The molecule has 1 fully saturated rings. The third kappa shape index (κ3) is 3.63. The second kappa shape index (κ2) is 6.16. The molecule has 0 atom stereocenters. The molecule has 1 aliphatic carbocycles. The van der Waals surface area contributed by atoms with E-state index in [1.807, 2.05) is 0 Å². The van der Waals surface area contributed by atoms with E-state index in [1.165, 1.54) is 14.1 Å². The summed E-state index contributed by atoms with van der Waals surface area (Å²) >= 11 is 0.993. The Morgan fingerprint density at radius 3 is 2.67 bits per heavy atom. The third-order valence-corrected chi connectivity index (χ3v) is 5.91. The number of hydrogen-bond acceptors (Lipinski definition) is 7. The van der Waals surface area contributed by atoms with Crippen LogP contribution in [0.2, 0.25) is 0 Å². The summed E-state index contributed by atoms with van der Waals surface area (Å²) in [6.45, 7) is 0.838. The van der Waals surface area contributed by atoms with E-state index in [0.29, 0.717) is 18.1 Å². The molecule has 2 rings (SSSR count). The Kier molecular flexibility index (Phi) is 4.69. The summed E-state index contributed by atoms with van der Waals surface area (Å²) in [5, 5.41) is 6.15. The largest absolute Gasteiger partial charge is 0.382 e. The van der Waals surface area contributed by atoms with Gasteiger partial charge in [-0.1, -0.05) is 0 Å². The highest BCUT2D eigenvalue weighted by Gasteiger charge is 2.29. The van der Waals surface area contributed by atoms with Crippen molar-refractivity contribution in [2.75, 3.05) is 38.2 Å². The fraction of sp³-hybridized carbons (Fsp3) is 0.636. The summed E-state index contributed by atoms with van der Waals surface area (Å²) in [6, 6.07) is 0. The first-order valence-electron chi connectivity index (χ1n) is 6.53. The van der Waals surface area contributed by atoms with Gasteiger partial charge in [-0.15, -0.1) is 0 Å². The van der Waals surface area contributed by atoms with Crippen molar-refractivity contribution in [3.8, 4) is 0 Å². The van der Waals surface area contributed by atoms with Gasteiger partial charge in [-0.3, -0.25) is 4.79 Å². The van der Waals surface area contributed by atoms with E-state index < -0.39 is 10.0 Å². The van der Waals surface area contributed by atoms with E-state index in [9.17, 15) is 13.2 Å². The van der Waals surface area contributed by atoms with Crippen LogP contribution in [0.5, 0.6) is 0 Å². The van der Waals surface area contributed by atoms with E-state index in [4.69, 9.17) is 5.73 Å². The highest BCUT2D eigenvalue weighted by atomic mass is 32.2. The third-order valence-electron chi connectivity index (χ3n) is 3.07. The molecule has 118 valence electrons. The number of aromatic nitrogens is 1. The van der Waals surface area contributed by atoms with Crippen molar-refractivity contribution >= 4 is 38.3 Å². The standard InChI is InChI=1S/C11H19N5O3S2/c1-16(2)21(18,19)8-9(12)15-20-11(8)14-6-5-13-10(17)7-3-4-7/h7,14H,3-6H2,1-2H3,(H2,12,15)(H,13,17). The van der Waals surface area contributed by atoms with Gasteiger partial charge in [0.05, 0.1) is 0 Å². The molecule has 0 aromatic carbocycles. The fourth-order valence-electron chi connectivity index (χ4n) is 1.69. The number of rotatable bonds is 7. The molecule has 4 N–H and O–H groups in total. The first-order valence-corrected chi connectivity index (χ1v) is 8.74. The topological polar surface area (TPSA) is 117 Å². The second-order valence-electron chi connectivity index (χ2n) is 5.01. The molecular formula is C11H19N5O3S2. The van der Waals surface area contributed by atoms with Gasteiger partial charge in [0.1, 0.15) is 5.00 Å². The van der Waals surface area contributed by atoms with Crippen LogP contribution in [0.15, 0.2) is 4.90 Å². The van der Waals surface area contributed by atoms with E-state index in [-0.39, 0.29) is 22.5 Å². The molecule has 1 heterocycles. The molecule has 0 aliphatic heterocycles. The highest BCUT2D eigenvalue weighted by molar-refractivity contribution is 7.89. The zero-order chi connectivity index (χ0) is 15.6. The van der Waals surface area contributed by atoms with Gasteiger partial charge >= 0.3 is 0 Å². The van der Waals surface area contributed by atoms with E-state index in [0.717, 1.165) is 28.7 Å². The molecule has 0 unspecified atom stereocenters. The number of hydrogen-bond donors (Lipinski definition) is 3. The molecule has 0 radical (unpaired) electrons. The molecule has 1 amide bonds. The smallest absolute Gasteiger partial charge is 0.249 e. The van der Waals surface area contributed by atoms with E-state index in [1.54, 1.807) is 0 Å². The summed E-state index contributed by atoms with van der Waals surface area (Å²) < 4.78 is 29.3. The Labute approximate surface area is 127 Å². The van der Waals surface area contributed by atoms with Crippen LogP contribution in [-0.4, -0.2) is 50.2 Å². The number of carbonyl (C=O) groups is 1. The summed E-state index contributed by atoms with van der Waals surface area (Å²) in [6.07, 6.45) is 1.91. The average molecular weight is 333 g/mol. The van der Waals surface area contributed by atoms with Crippen LogP contribution in [0.25, 0.3) is 0 Å². The van der Waals surface area contributed by atoms with Crippen molar-refractivity contribution in [2.45, 2.75) is 17.7 Å². The van der Waals surface area contributed by atoms with Crippen molar-refractivity contribution in [3.05, 3.63) is 0 Å². The lowest BCUT2D eigenvalue weighted by molar-refractivity contribution is -0.122. The van der Waals surface area contributed by atoms with Crippen LogP contribution in [0.1, 0.15) is 12.8 Å². The lowest BCUT2D eigenvalue weighted by Gasteiger charge is -2.13. The van der Waals surface area contributed by atoms with Crippen LogP contribution < -0.4 is 16.4 Å². The Bertz CT molecular complexity index is 622. The quantitative estimate of drug-likeness (QED) is 0.601. The van der Waals surface area contributed by atoms with Crippen molar-refractivity contribution in [3.63, 3.8) is 0 Å². The maximum absolute atomic E-state index is 12.2. The summed E-state index contributed by atoms with van der Waals surface area (Å²) in [5.41, 5.74) is 5.65. The molecule has 0 saturated heterocycles. The van der Waals surface area contributed by atoms with E-state index in [2.05, 4.69) is 15.0 Å². The number of sulfonamides is 1. The predicted octanol–water partition coefficient (Wildman–Crippen LogP) is -0.0863. The Morgan fingerprint density at radius 2 is 2.10 bits per heavy atom. The predicted molar refractivity (Wildman–Crippen MR) is 81.6 cm³/mol. The van der Waals surface area contributed by atoms with Gasteiger partial charge in [-0.25, -0.2) is 12.7 Å². The SMILES string of the molecule is CN(C)S(=O)(=O)c1c(N)nsc1NCCNC(=O)C1CC1. The Morgan fingerprint density at radius 1 is 1.43 bits per heavy atom. The zero-order valence-corrected chi connectivity index (χ0v) is 13.6. The highest BCUT2D eigenvalue weighted by Crippen LogP contribution is 2.32. The molecule has 21 heavy (non-hydrogen) atoms. The molecular weight excluding hydrogens is 314 g/mol.